The molecule has 6 rings (SSSR count). The summed E-state index contributed by atoms with van der Waals surface area (Å²) in [5, 5.41) is 4.19. The molecule has 1 amide bonds. The lowest BCUT2D eigenvalue weighted by molar-refractivity contribution is 0.0763. The van der Waals surface area contributed by atoms with E-state index >= 15 is 0 Å². The van der Waals surface area contributed by atoms with Gasteiger partial charge in [0.25, 0.3) is 11.5 Å². The van der Waals surface area contributed by atoms with Gasteiger partial charge in [-0.05, 0) is 74.7 Å². The van der Waals surface area contributed by atoms with Crippen LogP contribution >= 0.6 is 11.6 Å². The molecule has 1 atom stereocenters. The lowest BCUT2D eigenvalue weighted by Crippen LogP contribution is -2.33. The summed E-state index contributed by atoms with van der Waals surface area (Å²) < 4.78 is 0. The van der Waals surface area contributed by atoms with Crippen molar-refractivity contribution in [2.45, 2.75) is 38.8 Å². The number of fused-ring (bicyclic) bond motifs is 2. The van der Waals surface area contributed by atoms with Crippen molar-refractivity contribution >= 4 is 34.2 Å². The lowest BCUT2D eigenvalue weighted by atomic mass is 10.1. The minimum absolute atomic E-state index is 0.0211. The van der Waals surface area contributed by atoms with E-state index in [4.69, 9.17) is 16.6 Å². The van der Waals surface area contributed by atoms with Gasteiger partial charge in [0.05, 0.1) is 16.7 Å². The zero-order valence-corrected chi connectivity index (χ0v) is 22.1. The summed E-state index contributed by atoms with van der Waals surface area (Å²) in [7, 11) is 0. The molecule has 0 radical (unpaired) electrons. The third-order valence-corrected chi connectivity index (χ3v) is 7.92. The van der Waals surface area contributed by atoms with Crippen LogP contribution in [-0.4, -0.2) is 62.9 Å². The number of benzene rings is 2. The van der Waals surface area contributed by atoms with Gasteiger partial charge in [0.2, 0.25) is 0 Å². The van der Waals surface area contributed by atoms with Crippen molar-refractivity contribution in [3.63, 3.8) is 0 Å². The van der Waals surface area contributed by atoms with Crippen molar-refractivity contribution in [1.29, 1.82) is 0 Å². The zero-order valence-electron chi connectivity index (χ0n) is 21.4. The minimum atomic E-state index is -0.240. The number of rotatable bonds is 8. The van der Waals surface area contributed by atoms with Crippen LogP contribution in [0.4, 0.5) is 5.69 Å². The fourth-order valence-electron chi connectivity index (χ4n) is 5.59. The van der Waals surface area contributed by atoms with Crippen molar-refractivity contribution in [1.82, 2.24) is 24.8 Å². The Balaban J connectivity index is 1.24. The number of anilines is 1. The summed E-state index contributed by atoms with van der Waals surface area (Å²) >= 11 is 6.35. The molecule has 0 bridgehead atoms. The molecular weight excluding hydrogens is 500 g/mol. The SMILES string of the molecule is C[C@@H](Cc1ccccc1Cl)Nc1cc[nH]c(=O)c1-c1nc2cc3c(cc2[nH]1)CN(CCN1CCCC1)C3=O. The van der Waals surface area contributed by atoms with Crippen LogP contribution in [0.15, 0.2) is 53.5 Å². The second kappa shape index (κ2) is 10.3. The van der Waals surface area contributed by atoms with E-state index in [1.807, 2.05) is 47.4 Å². The Hall–Kier alpha value is -3.62. The number of amides is 1. The fraction of sp³-hybridized carbons (Fsp3) is 0.345. The maximum atomic E-state index is 13.1. The van der Waals surface area contributed by atoms with Crippen LogP contribution < -0.4 is 10.9 Å². The van der Waals surface area contributed by atoms with Gasteiger partial charge in [-0.1, -0.05) is 29.8 Å². The molecule has 4 aromatic rings. The number of carbonyl (C=O) groups excluding carboxylic acids is 1. The Morgan fingerprint density at radius 3 is 2.74 bits per heavy atom. The third-order valence-electron chi connectivity index (χ3n) is 7.55. The Kier molecular flexibility index (Phi) is 6.68. The summed E-state index contributed by atoms with van der Waals surface area (Å²) in [5.41, 5.74) is 5.10. The summed E-state index contributed by atoms with van der Waals surface area (Å²) in [5.74, 6) is 0.523. The molecule has 2 aromatic carbocycles. The number of imidazole rings is 1. The Labute approximate surface area is 226 Å². The maximum absolute atomic E-state index is 13.1. The summed E-state index contributed by atoms with van der Waals surface area (Å²) in [6.45, 7) is 6.56. The van der Waals surface area contributed by atoms with E-state index in [-0.39, 0.29) is 17.5 Å². The number of H-pyrrole nitrogens is 2. The van der Waals surface area contributed by atoms with Gasteiger partial charge < -0.3 is 25.1 Å². The van der Waals surface area contributed by atoms with Crippen molar-refractivity contribution in [2.24, 2.45) is 0 Å². The molecule has 38 heavy (non-hydrogen) atoms. The quantitative estimate of drug-likeness (QED) is 0.308. The van der Waals surface area contributed by atoms with Gasteiger partial charge in [-0.2, -0.15) is 0 Å². The molecule has 2 aliphatic heterocycles. The van der Waals surface area contributed by atoms with Crippen molar-refractivity contribution in [3.8, 4) is 11.4 Å². The average Bonchev–Trinajstić information content (AvgIpc) is 3.62. The largest absolute Gasteiger partial charge is 0.381 e. The van der Waals surface area contributed by atoms with Crippen LogP contribution in [0.2, 0.25) is 5.02 Å². The van der Waals surface area contributed by atoms with E-state index in [1.165, 1.54) is 12.8 Å². The second-order valence-electron chi connectivity index (χ2n) is 10.3. The van der Waals surface area contributed by atoms with E-state index in [0.717, 1.165) is 47.8 Å². The zero-order chi connectivity index (χ0) is 26.2. The number of hydrogen-bond donors (Lipinski definition) is 3. The lowest BCUT2D eigenvalue weighted by Gasteiger charge is -2.20. The minimum Gasteiger partial charge on any atom is -0.381 e. The van der Waals surface area contributed by atoms with Gasteiger partial charge >= 0.3 is 0 Å². The summed E-state index contributed by atoms with van der Waals surface area (Å²) in [4.78, 5) is 41.3. The monoisotopic (exact) mass is 530 g/mol. The molecule has 3 N–H and O–H groups in total. The van der Waals surface area contributed by atoms with Gasteiger partial charge in [0, 0.05) is 42.5 Å². The molecule has 2 aromatic heterocycles. The van der Waals surface area contributed by atoms with Crippen LogP contribution in [0.25, 0.3) is 22.4 Å². The number of nitrogens with zero attached hydrogens (tertiary/aromatic N) is 3. The first-order valence-electron chi connectivity index (χ1n) is 13.2. The second-order valence-corrected chi connectivity index (χ2v) is 10.7. The summed E-state index contributed by atoms with van der Waals surface area (Å²) in [6.07, 6.45) is 4.82. The molecule has 1 saturated heterocycles. The Bertz CT molecular complexity index is 1550. The van der Waals surface area contributed by atoms with Gasteiger partial charge in [-0.3, -0.25) is 9.59 Å². The van der Waals surface area contributed by atoms with Crippen molar-refractivity contribution in [3.05, 3.63) is 80.7 Å². The number of nitrogens with one attached hydrogen (secondary N) is 3. The van der Waals surface area contributed by atoms with E-state index < -0.39 is 0 Å². The van der Waals surface area contributed by atoms with Crippen LogP contribution in [0, 0.1) is 0 Å². The summed E-state index contributed by atoms with van der Waals surface area (Å²) in [6, 6.07) is 13.5. The van der Waals surface area contributed by atoms with Crippen LogP contribution in [-0.2, 0) is 13.0 Å². The molecule has 0 aliphatic carbocycles. The van der Waals surface area contributed by atoms with Gasteiger partial charge in [0.1, 0.15) is 11.4 Å². The van der Waals surface area contributed by atoms with Crippen LogP contribution in [0.3, 0.4) is 0 Å². The average molecular weight is 531 g/mol. The molecule has 0 unspecified atom stereocenters. The molecule has 0 spiro atoms. The van der Waals surface area contributed by atoms with E-state index in [2.05, 4.69) is 27.1 Å². The van der Waals surface area contributed by atoms with Gasteiger partial charge in [-0.15, -0.1) is 0 Å². The Morgan fingerprint density at radius 2 is 1.92 bits per heavy atom. The molecule has 8 nitrogen and oxygen atoms in total. The molecule has 0 saturated carbocycles. The van der Waals surface area contributed by atoms with Crippen LogP contribution in [0.1, 0.15) is 41.3 Å². The highest BCUT2D eigenvalue weighted by Crippen LogP contribution is 2.30. The fourth-order valence-corrected chi connectivity index (χ4v) is 5.80. The maximum Gasteiger partial charge on any atom is 0.261 e. The molecule has 4 heterocycles. The number of hydrogen-bond acceptors (Lipinski definition) is 5. The van der Waals surface area contributed by atoms with Crippen molar-refractivity contribution < 1.29 is 4.79 Å². The number of aromatic nitrogens is 3. The van der Waals surface area contributed by atoms with Crippen molar-refractivity contribution in [2.75, 3.05) is 31.5 Å². The third kappa shape index (κ3) is 4.81. The predicted octanol–water partition coefficient (Wildman–Crippen LogP) is 4.67. The predicted molar refractivity (Wildman–Crippen MR) is 151 cm³/mol. The van der Waals surface area contributed by atoms with Gasteiger partial charge in [-0.25, -0.2) is 4.98 Å². The van der Waals surface area contributed by atoms with E-state index in [1.54, 1.807) is 6.20 Å². The first kappa shape index (κ1) is 24.7. The molecule has 1 fully saturated rings. The number of likely N-dealkylation sites (tertiary alicyclic amines) is 1. The topological polar surface area (TPSA) is 97.1 Å². The molecule has 2 aliphatic rings. The number of aromatic amines is 2. The number of carbonyl (C=O) groups is 1. The molecular formula is C29H31ClN6O2. The van der Waals surface area contributed by atoms with Gasteiger partial charge in [0.15, 0.2) is 0 Å². The first-order valence-corrected chi connectivity index (χ1v) is 13.6. The number of halogens is 1. The number of pyridine rings is 1. The highest BCUT2D eigenvalue weighted by atomic mass is 35.5. The highest BCUT2D eigenvalue weighted by molar-refractivity contribution is 6.31. The smallest absolute Gasteiger partial charge is 0.261 e. The first-order chi connectivity index (χ1) is 18.5. The van der Waals surface area contributed by atoms with Crippen LogP contribution in [0.5, 0.6) is 0 Å². The molecule has 9 heteroatoms. The van der Waals surface area contributed by atoms with E-state index in [0.29, 0.717) is 41.1 Å². The standard InChI is InChI=1S/C29H31ClN6O2/c1-18(14-19-6-2-3-7-22(19)30)32-23-8-9-31-28(37)26(23)27-33-24-15-20-17-36(13-12-35-10-4-5-11-35)29(38)21(20)16-25(24)34-27/h2-3,6-9,15-16,18H,4-5,10-14,17H2,1H3,(H,33,34)(H2,31,32,37)/t18-/m0/s1. The van der Waals surface area contributed by atoms with E-state index in [9.17, 15) is 9.59 Å². The normalized spacial score (nSPS) is 16.4. The molecule has 196 valence electrons. The highest BCUT2D eigenvalue weighted by Gasteiger charge is 2.29. The Morgan fingerprint density at radius 1 is 1.11 bits per heavy atom.